The van der Waals surface area contributed by atoms with Gasteiger partial charge in [0.2, 0.25) is 0 Å². The first-order valence-corrected chi connectivity index (χ1v) is 7.28. The van der Waals surface area contributed by atoms with Gasteiger partial charge in [0.25, 0.3) is 5.56 Å². The van der Waals surface area contributed by atoms with Crippen molar-refractivity contribution in [1.29, 1.82) is 0 Å². The van der Waals surface area contributed by atoms with Crippen molar-refractivity contribution in [2.24, 2.45) is 7.05 Å². The maximum Gasteiger partial charge on any atom is 0.266 e. The zero-order valence-corrected chi connectivity index (χ0v) is 11.9. The normalized spacial score (nSPS) is 20.1. The molecule has 4 nitrogen and oxygen atoms in total. The Balaban J connectivity index is 1.82. The van der Waals surface area contributed by atoms with E-state index in [0.717, 1.165) is 25.2 Å². The highest BCUT2D eigenvalue weighted by molar-refractivity contribution is 5.16. The summed E-state index contributed by atoms with van der Waals surface area (Å²) in [6, 6.07) is 12.6. The summed E-state index contributed by atoms with van der Waals surface area (Å²) in [6.07, 6.45) is 3.58. The van der Waals surface area contributed by atoms with Crippen molar-refractivity contribution >= 4 is 0 Å². The zero-order chi connectivity index (χ0) is 13.9. The summed E-state index contributed by atoms with van der Waals surface area (Å²) in [7, 11) is 1.77. The second kappa shape index (κ2) is 5.67. The van der Waals surface area contributed by atoms with Gasteiger partial charge in [-0.15, -0.1) is 0 Å². The van der Waals surface area contributed by atoms with Gasteiger partial charge < -0.3 is 0 Å². The Labute approximate surface area is 119 Å². The molecule has 3 rings (SSSR count). The van der Waals surface area contributed by atoms with Crippen LogP contribution >= 0.6 is 0 Å². The molecule has 1 atom stereocenters. The van der Waals surface area contributed by atoms with E-state index in [4.69, 9.17) is 0 Å². The molecule has 20 heavy (non-hydrogen) atoms. The molecule has 0 spiro atoms. The summed E-state index contributed by atoms with van der Waals surface area (Å²) < 4.78 is 1.56. The van der Waals surface area contributed by atoms with Gasteiger partial charge in [0.1, 0.15) is 0 Å². The van der Waals surface area contributed by atoms with Crippen molar-refractivity contribution in [2.45, 2.75) is 31.8 Å². The Morgan fingerprint density at radius 3 is 2.75 bits per heavy atom. The van der Waals surface area contributed by atoms with Crippen LogP contribution in [0.4, 0.5) is 0 Å². The van der Waals surface area contributed by atoms with Crippen molar-refractivity contribution in [2.75, 3.05) is 6.54 Å². The highest BCUT2D eigenvalue weighted by Gasteiger charge is 2.25. The topological polar surface area (TPSA) is 41.0 Å². The van der Waals surface area contributed by atoms with Crippen LogP contribution in [0.15, 0.2) is 41.2 Å². The highest BCUT2D eigenvalue weighted by atomic mass is 16.1. The van der Waals surface area contributed by atoms with Crippen molar-refractivity contribution in [1.82, 2.24) is 14.7 Å². The number of hydrogen-bond acceptors (Lipinski definition) is 2. The predicted molar refractivity (Wildman–Crippen MR) is 79.5 cm³/mol. The average molecular weight is 271 g/mol. The molecule has 0 bridgehead atoms. The largest absolute Gasteiger partial charge is 0.298 e. The third-order valence-electron chi connectivity index (χ3n) is 4.11. The summed E-state index contributed by atoms with van der Waals surface area (Å²) in [6.45, 7) is 2.04. The first-order valence-electron chi connectivity index (χ1n) is 7.28. The Morgan fingerprint density at radius 1 is 1.25 bits per heavy atom. The smallest absolute Gasteiger partial charge is 0.266 e. The third-order valence-corrected chi connectivity index (χ3v) is 4.11. The maximum absolute atomic E-state index is 11.7. The fourth-order valence-corrected chi connectivity index (χ4v) is 3.03. The fraction of sp³-hybridized carbons (Fsp3) is 0.438. The quantitative estimate of drug-likeness (QED) is 0.931. The lowest BCUT2D eigenvalue weighted by molar-refractivity contribution is 0.137. The number of aromatic nitrogens is 2. The molecule has 0 aliphatic carbocycles. The lowest BCUT2D eigenvalue weighted by Crippen LogP contribution is -2.33. The minimum Gasteiger partial charge on any atom is -0.298 e. The molecule has 1 aromatic carbocycles. The Bertz CT molecular complexity index is 614. The number of aryl methyl sites for hydroxylation is 1. The molecule has 0 amide bonds. The van der Waals surface area contributed by atoms with Gasteiger partial charge in [-0.1, -0.05) is 36.8 Å². The molecule has 0 radical (unpaired) electrons. The fourth-order valence-electron chi connectivity index (χ4n) is 3.03. The van der Waals surface area contributed by atoms with E-state index in [9.17, 15) is 4.79 Å². The summed E-state index contributed by atoms with van der Waals surface area (Å²) in [5.41, 5.74) is 2.43. The summed E-state index contributed by atoms with van der Waals surface area (Å²) in [5, 5.41) is 3.19. The van der Waals surface area contributed by atoms with E-state index in [1.807, 2.05) is 6.07 Å². The van der Waals surface area contributed by atoms with Crippen LogP contribution in [0.5, 0.6) is 0 Å². The average Bonchev–Trinajstić information content (AvgIpc) is 2.80. The van der Waals surface area contributed by atoms with Crippen LogP contribution in [0, 0.1) is 0 Å². The van der Waals surface area contributed by atoms with Crippen molar-refractivity contribution in [3.63, 3.8) is 0 Å². The van der Waals surface area contributed by atoms with E-state index in [1.165, 1.54) is 18.4 Å². The van der Waals surface area contributed by atoms with Crippen LogP contribution in [0.3, 0.4) is 0 Å². The first kappa shape index (κ1) is 13.2. The van der Waals surface area contributed by atoms with E-state index in [1.54, 1.807) is 17.8 Å². The monoisotopic (exact) mass is 271 g/mol. The summed E-state index contributed by atoms with van der Waals surface area (Å²) >= 11 is 0. The van der Waals surface area contributed by atoms with Gasteiger partial charge in [0.05, 0.1) is 11.7 Å². The Morgan fingerprint density at radius 2 is 2.05 bits per heavy atom. The highest BCUT2D eigenvalue weighted by Crippen LogP contribution is 2.30. The molecule has 4 heteroatoms. The van der Waals surface area contributed by atoms with Crippen LogP contribution in [0.25, 0.3) is 0 Å². The zero-order valence-electron chi connectivity index (χ0n) is 11.9. The molecule has 0 saturated carbocycles. The number of hydrogen-bond donors (Lipinski definition) is 1. The van der Waals surface area contributed by atoms with Crippen LogP contribution in [0.1, 0.15) is 36.6 Å². The van der Waals surface area contributed by atoms with E-state index in [-0.39, 0.29) is 5.56 Å². The molecule has 1 aliphatic rings. The third kappa shape index (κ3) is 2.70. The maximum atomic E-state index is 11.7. The molecule has 1 unspecified atom stereocenters. The van der Waals surface area contributed by atoms with Gasteiger partial charge in [0, 0.05) is 19.7 Å². The number of nitrogens with zero attached hydrogens (tertiary/aromatic N) is 2. The van der Waals surface area contributed by atoms with Gasteiger partial charge in [0.15, 0.2) is 0 Å². The van der Waals surface area contributed by atoms with Gasteiger partial charge >= 0.3 is 0 Å². The van der Waals surface area contributed by atoms with Gasteiger partial charge in [-0.25, -0.2) is 0 Å². The summed E-state index contributed by atoms with van der Waals surface area (Å²) in [5.74, 6) is 0. The number of benzene rings is 1. The van der Waals surface area contributed by atoms with Gasteiger partial charge in [-0.2, -0.15) is 0 Å². The van der Waals surface area contributed by atoms with E-state index < -0.39 is 0 Å². The lowest BCUT2D eigenvalue weighted by atomic mass is 9.98. The van der Waals surface area contributed by atoms with Gasteiger partial charge in [-0.05, 0) is 24.9 Å². The Kier molecular flexibility index (Phi) is 3.74. The Hall–Kier alpha value is -1.81. The molecule has 1 aromatic heterocycles. The number of aromatic amines is 1. The molecule has 1 saturated heterocycles. The van der Waals surface area contributed by atoms with Crippen LogP contribution in [-0.4, -0.2) is 21.2 Å². The molecule has 2 heterocycles. The number of nitrogens with one attached hydrogen (secondary N) is 1. The number of piperidine rings is 1. The molecule has 1 fully saturated rings. The summed E-state index contributed by atoms with van der Waals surface area (Å²) in [4.78, 5) is 14.1. The van der Waals surface area contributed by atoms with Crippen LogP contribution in [-0.2, 0) is 13.6 Å². The number of rotatable bonds is 3. The lowest BCUT2D eigenvalue weighted by Gasteiger charge is -2.35. The second-order valence-corrected chi connectivity index (χ2v) is 5.58. The SMILES string of the molecule is Cn1[nH]c(C2CCCCN2Cc2ccccc2)cc1=O. The molecular weight excluding hydrogens is 250 g/mol. The van der Waals surface area contributed by atoms with Crippen LogP contribution < -0.4 is 5.56 Å². The molecule has 1 N–H and O–H groups in total. The number of H-pyrrole nitrogens is 1. The van der Waals surface area contributed by atoms with E-state index in [0.29, 0.717) is 6.04 Å². The van der Waals surface area contributed by atoms with E-state index in [2.05, 4.69) is 34.3 Å². The minimum atomic E-state index is 0.0465. The molecular formula is C16H21N3O. The van der Waals surface area contributed by atoms with Crippen molar-refractivity contribution in [3.8, 4) is 0 Å². The van der Waals surface area contributed by atoms with Gasteiger partial charge in [-0.3, -0.25) is 19.5 Å². The minimum absolute atomic E-state index is 0.0465. The first-order chi connectivity index (χ1) is 9.74. The van der Waals surface area contributed by atoms with Crippen molar-refractivity contribution < 1.29 is 0 Å². The van der Waals surface area contributed by atoms with E-state index >= 15 is 0 Å². The standard InChI is InChI=1S/C16H21N3O/c1-18-16(20)11-14(17-18)15-9-5-6-10-19(15)12-13-7-3-2-4-8-13/h2-4,7-8,11,15,17H,5-6,9-10,12H2,1H3. The molecule has 2 aromatic rings. The predicted octanol–water partition coefficient (Wildman–Crippen LogP) is 2.44. The van der Waals surface area contributed by atoms with Crippen LogP contribution in [0.2, 0.25) is 0 Å². The molecule has 1 aliphatic heterocycles. The number of likely N-dealkylation sites (tertiary alicyclic amines) is 1. The second-order valence-electron chi connectivity index (χ2n) is 5.58. The van der Waals surface area contributed by atoms with Crippen molar-refractivity contribution in [3.05, 3.63) is 58.0 Å². The molecule has 106 valence electrons.